The minimum atomic E-state index is -1.22. The molecule has 0 aromatic rings. The number of aliphatic carboxylic acids is 1. The quantitative estimate of drug-likeness (QED) is 0.580. The normalized spacial score (nSPS) is 18.5. The molecule has 1 aliphatic rings. The molecule has 1 saturated heterocycles. The van der Waals surface area contributed by atoms with Gasteiger partial charge in [0.15, 0.2) is 0 Å². The minimum absolute atomic E-state index is 0.161. The van der Waals surface area contributed by atoms with Crippen molar-refractivity contribution >= 4 is 23.9 Å². The van der Waals surface area contributed by atoms with Gasteiger partial charge in [-0.05, 0) is 0 Å². The molecule has 1 fully saturated rings. The Kier molecular flexibility index (Phi) is 4.67. The third-order valence-electron chi connectivity index (χ3n) is 2.63. The van der Waals surface area contributed by atoms with Gasteiger partial charge in [0.1, 0.15) is 19.1 Å². The fourth-order valence-electron chi connectivity index (χ4n) is 1.61. The maximum absolute atomic E-state index is 12.0. The molecule has 0 aromatic heterocycles. The fraction of sp³-hybridized carbons (Fsp3) is 0.600. The molecule has 19 heavy (non-hydrogen) atoms. The van der Waals surface area contributed by atoms with Crippen LogP contribution < -0.4 is 5.32 Å². The summed E-state index contributed by atoms with van der Waals surface area (Å²) in [6.45, 7) is -0.840. The first-order valence-electron chi connectivity index (χ1n) is 5.45. The van der Waals surface area contributed by atoms with Crippen LogP contribution in [0.5, 0.6) is 0 Å². The van der Waals surface area contributed by atoms with E-state index in [0.29, 0.717) is 0 Å². The zero-order valence-corrected chi connectivity index (χ0v) is 10.6. The first-order chi connectivity index (χ1) is 8.86. The lowest BCUT2D eigenvalue weighted by Crippen LogP contribution is -2.61. The van der Waals surface area contributed by atoms with E-state index < -0.39 is 29.9 Å². The van der Waals surface area contributed by atoms with Crippen LogP contribution in [-0.2, 0) is 19.1 Å². The fourth-order valence-corrected chi connectivity index (χ4v) is 1.61. The summed E-state index contributed by atoms with van der Waals surface area (Å²) in [6, 6.07) is -1.86. The molecule has 1 atom stereocenters. The highest BCUT2D eigenvalue weighted by Crippen LogP contribution is 2.08. The molecule has 1 heterocycles. The van der Waals surface area contributed by atoms with E-state index in [-0.39, 0.29) is 19.6 Å². The minimum Gasteiger partial charge on any atom is -0.480 e. The van der Waals surface area contributed by atoms with Gasteiger partial charge >= 0.3 is 18.0 Å². The van der Waals surface area contributed by atoms with Crippen molar-refractivity contribution in [2.75, 3.05) is 33.8 Å². The van der Waals surface area contributed by atoms with Crippen LogP contribution in [0.15, 0.2) is 0 Å². The maximum atomic E-state index is 12.0. The molecular formula is C10H15N3O6. The molecule has 1 aliphatic heterocycles. The summed E-state index contributed by atoms with van der Waals surface area (Å²) < 4.78 is 4.41. The van der Waals surface area contributed by atoms with Crippen molar-refractivity contribution in [1.82, 2.24) is 15.1 Å². The molecule has 3 amide bonds. The number of carboxylic acids is 1. The number of urea groups is 1. The topological polar surface area (TPSA) is 116 Å². The van der Waals surface area contributed by atoms with E-state index in [4.69, 9.17) is 5.11 Å². The largest absolute Gasteiger partial charge is 0.480 e. The van der Waals surface area contributed by atoms with E-state index in [2.05, 4.69) is 10.1 Å². The van der Waals surface area contributed by atoms with Crippen molar-refractivity contribution in [1.29, 1.82) is 0 Å². The van der Waals surface area contributed by atoms with E-state index in [9.17, 15) is 19.2 Å². The highest BCUT2D eigenvalue weighted by molar-refractivity contribution is 5.91. The summed E-state index contributed by atoms with van der Waals surface area (Å²) >= 11 is 0. The van der Waals surface area contributed by atoms with Crippen molar-refractivity contribution < 1.29 is 29.0 Å². The van der Waals surface area contributed by atoms with Gasteiger partial charge in [-0.15, -0.1) is 0 Å². The number of rotatable bonds is 3. The van der Waals surface area contributed by atoms with Crippen LogP contribution in [0.3, 0.4) is 0 Å². The van der Waals surface area contributed by atoms with Gasteiger partial charge < -0.3 is 20.1 Å². The van der Waals surface area contributed by atoms with E-state index in [1.165, 1.54) is 14.2 Å². The Hall–Kier alpha value is -2.32. The maximum Gasteiger partial charge on any atom is 0.328 e. The molecule has 1 rings (SSSR count). The molecule has 0 saturated carbocycles. The van der Waals surface area contributed by atoms with Gasteiger partial charge in [0.2, 0.25) is 5.91 Å². The van der Waals surface area contributed by atoms with Crippen LogP contribution in [0.2, 0.25) is 0 Å². The van der Waals surface area contributed by atoms with E-state index >= 15 is 0 Å². The van der Waals surface area contributed by atoms with Gasteiger partial charge in [0, 0.05) is 13.6 Å². The molecule has 0 radical (unpaired) electrons. The van der Waals surface area contributed by atoms with Gasteiger partial charge in [-0.2, -0.15) is 0 Å². The number of carbonyl (C=O) groups excluding carboxylic acids is 3. The number of nitrogens with zero attached hydrogens (tertiary/aromatic N) is 2. The van der Waals surface area contributed by atoms with Gasteiger partial charge in [0.05, 0.1) is 7.11 Å². The lowest BCUT2D eigenvalue weighted by molar-refractivity contribution is -0.144. The molecule has 0 spiro atoms. The van der Waals surface area contributed by atoms with Crippen LogP contribution in [0.25, 0.3) is 0 Å². The van der Waals surface area contributed by atoms with Crippen molar-refractivity contribution in [3.8, 4) is 0 Å². The van der Waals surface area contributed by atoms with Crippen LogP contribution in [0.1, 0.15) is 0 Å². The summed E-state index contributed by atoms with van der Waals surface area (Å²) in [5, 5.41) is 11.4. The Morgan fingerprint density at radius 2 is 2.16 bits per heavy atom. The zero-order chi connectivity index (χ0) is 14.6. The van der Waals surface area contributed by atoms with Crippen molar-refractivity contribution in [3.63, 3.8) is 0 Å². The number of likely N-dealkylation sites (N-methyl/N-ethyl adjacent to an activating group) is 1. The molecule has 2 N–H and O–H groups in total. The van der Waals surface area contributed by atoms with Crippen molar-refractivity contribution in [2.24, 2.45) is 0 Å². The second-order valence-electron chi connectivity index (χ2n) is 4.00. The Bertz CT molecular complexity index is 410. The SMILES string of the molecule is COC(=O)CN(C)C(=O)N1CC(=O)NCC1C(=O)O. The second-order valence-corrected chi connectivity index (χ2v) is 4.00. The Morgan fingerprint density at radius 1 is 1.53 bits per heavy atom. The third kappa shape index (κ3) is 3.57. The van der Waals surface area contributed by atoms with Crippen molar-refractivity contribution in [2.45, 2.75) is 6.04 Å². The predicted molar refractivity (Wildman–Crippen MR) is 61.2 cm³/mol. The number of carbonyl (C=O) groups is 4. The van der Waals surface area contributed by atoms with Crippen LogP contribution in [-0.4, -0.2) is 78.6 Å². The Balaban J connectivity index is 2.78. The average Bonchev–Trinajstić information content (AvgIpc) is 2.36. The van der Waals surface area contributed by atoms with Gasteiger partial charge in [-0.1, -0.05) is 0 Å². The van der Waals surface area contributed by atoms with Gasteiger partial charge in [-0.25, -0.2) is 9.59 Å². The lowest BCUT2D eigenvalue weighted by Gasteiger charge is -2.35. The number of piperazine rings is 1. The number of hydrogen-bond acceptors (Lipinski definition) is 5. The van der Waals surface area contributed by atoms with Gasteiger partial charge in [0.25, 0.3) is 0 Å². The average molecular weight is 273 g/mol. The van der Waals surface area contributed by atoms with E-state index in [1.807, 2.05) is 0 Å². The smallest absolute Gasteiger partial charge is 0.328 e. The molecule has 0 aliphatic carbocycles. The first kappa shape index (κ1) is 14.7. The van der Waals surface area contributed by atoms with E-state index in [1.54, 1.807) is 0 Å². The highest BCUT2D eigenvalue weighted by Gasteiger charge is 2.36. The summed E-state index contributed by atoms with van der Waals surface area (Å²) in [5.74, 6) is -2.30. The number of amides is 3. The van der Waals surface area contributed by atoms with Crippen LogP contribution in [0, 0.1) is 0 Å². The summed E-state index contributed by atoms with van der Waals surface area (Å²) in [4.78, 5) is 47.2. The second kappa shape index (κ2) is 6.03. The Morgan fingerprint density at radius 3 is 2.68 bits per heavy atom. The number of hydrogen-bond donors (Lipinski definition) is 2. The predicted octanol–water partition coefficient (Wildman–Crippen LogP) is -1.90. The Labute approximate surface area is 109 Å². The summed E-state index contributed by atoms with van der Waals surface area (Å²) in [6.07, 6.45) is 0. The standard InChI is InChI=1S/C10H15N3O6/c1-12(5-8(15)19-2)10(18)13-4-7(14)11-3-6(13)9(16)17/h6H,3-5H2,1-2H3,(H,11,14)(H,16,17). The zero-order valence-electron chi connectivity index (χ0n) is 10.6. The number of esters is 1. The van der Waals surface area contributed by atoms with Gasteiger partial charge in [-0.3, -0.25) is 14.5 Å². The third-order valence-corrected chi connectivity index (χ3v) is 2.63. The highest BCUT2D eigenvalue weighted by atomic mass is 16.5. The van der Waals surface area contributed by atoms with Crippen LogP contribution >= 0.6 is 0 Å². The lowest BCUT2D eigenvalue weighted by atomic mass is 10.2. The molecule has 0 aromatic carbocycles. The molecule has 0 bridgehead atoms. The van der Waals surface area contributed by atoms with Crippen LogP contribution in [0.4, 0.5) is 4.79 Å². The molecular weight excluding hydrogens is 258 g/mol. The molecule has 1 unspecified atom stereocenters. The monoisotopic (exact) mass is 273 g/mol. The number of methoxy groups -OCH3 is 1. The molecule has 106 valence electrons. The van der Waals surface area contributed by atoms with Crippen molar-refractivity contribution in [3.05, 3.63) is 0 Å². The molecule has 9 heteroatoms. The molecule has 9 nitrogen and oxygen atoms in total. The van der Waals surface area contributed by atoms with E-state index in [0.717, 1.165) is 9.80 Å². The number of nitrogens with one attached hydrogen (secondary N) is 1. The summed E-state index contributed by atoms with van der Waals surface area (Å²) in [7, 11) is 2.50. The number of ether oxygens (including phenoxy) is 1. The number of carboxylic acid groups (broad SMARTS) is 1. The summed E-state index contributed by atoms with van der Waals surface area (Å²) in [5.41, 5.74) is 0. The first-order valence-corrected chi connectivity index (χ1v) is 5.45.